The number of aromatic nitrogens is 2. The molecule has 1 aromatic heterocycles. The van der Waals surface area contributed by atoms with Crippen molar-refractivity contribution in [3.63, 3.8) is 0 Å². The van der Waals surface area contributed by atoms with E-state index in [1.54, 1.807) is 13.0 Å². The Hall–Kier alpha value is -3.10. The van der Waals surface area contributed by atoms with Gasteiger partial charge >= 0.3 is 5.97 Å². The second-order valence-electron chi connectivity index (χ2n) is 10.5. The number of allylic oxidation sites excluding steroid dienone is 1. The van der Waals surface area contributed by atoms with Crippen LogP contribution in [0.15, 0.2) is 46.8 Å². The summed E-state index contributed by atoms with van der Waals surface area (Å²) in [6.45, 7) is 16.7. The van der Waals surface area contributed by atoms with Crippen molar-refractivity contribution >= 4 is 23.5 Å². The predicted molar refractivity (Wildman–Crippen MR) is 149 cm³/mol. The second-order valence-corrected chi connectivity index (χ2v) is 10.9. The Morgan fingerprint density at radius 1 is 1.13 bits per heavy atom. The van der Waals surface area contributed by atoms with E-state index in [0.717, 1.165) is 17.2 Å². The van der Waals surface area contributed by atoms with Crippen molar-refractivity contribution in [2.24, 2.45) is 0 Å². The first-order valence-corrected chi connectivity index (χ1v) is 13.3. The lowest BCUT2D eigenvalue weighted by atomic mass is 9.79. The van der Waals surface area contributed by atoms with E-state index in [1.165, 1.54) is 0 Å². The molecule has 1 aliphatic heterocycles. The van der Waals surface area contributed by atoms with E-state index in [1.807, 2.05) is 66.7 Å². The third-order valence-electron chi connectivity index (χ3n) is 6.44. The molecule has 0 spiro atoms. The van der Waals surface area contributed by atoms with E-state index in [-0.39, 0.29) is 19.1 Å². The van der Waals surface area contributed by atoms with E-state index in [9.17, 15) is 9.59 Å². The fourth-order valence-corrected chi connectivity index (χ4v) is 4.92. The highest BCUT2D eigenvalue weighted by Crippen LogP contribution is 2.41. The van der Waals surface area contributed by atoms with Gasteiger partial charge in [0, 0.05) is 34.1 Å². The molecular formula is C29H39ClN4O4. The zero-order valence-corrected chi connectivity index (χ0v) is 24.4. The number of carbonyl (C=O) groups is 2. The van der Waals surface area contributed by atoms with Crippen LogP contribution in [0.25, 0.3) is 0 Å². The van der Waals surface area contributed by atoms with Crippen molar-refractivity contribution in [1.29, 1.82) is 0 Å². The molecular weight excluding hydrogens is 504 g/mol. The highest BCUT2D eigenvalue weighted by Gasteiger charge is 2.39. The van der Waals surface area contributed by atoms with Crippen LogP contribution in [0.5, 0.6) is 0 Å². The van der Waals surface area contributed by atoms with Gasteiger partial charge in [-0.25, -0.2) is 9.78 Å². The maximum absolute atomic E-state index is 13.6. The number of amides is 1. The average molecular weight is 543 g/mol. The van der Waals surface area contributed by atoms with Crippen molar-refractivity contribution in [1.82, 2.24) is 20.2 Å². The molecule has 1 aromatic carbocycles. The van der Waals surface area contributed by atoms with Crippen LogP contribution in [0, 0.1) is 20.8 Å². The summed E-state index contributed by atoms with van der Waals surface area (Å²) in [4.78, 5) is 31.5. The highest BCUT2D eigenvalue weighted by molar-refractivity contribution is 6.31. The molecule has 0 saturated carbocycles. The number of imidazole rings is 1. The molecule has 1 unspecified atom stereocenters. The first-order chi connectivity index (χ1) is 17.9. The quantitative estimate of drug-likeness (QED) is 0.347. The number of hydrogen-bond donors (Lipinski definition) is 2. The molecule has 0 saturated heterocycles. The number of esters is 1. The first kappa shape index (κ1) is 29.5. The molecule has 0 radical (unpaired) electrons. The number of benzene rings is 1. The van der Waals surface area contributed by atoms with Crippen LogP contribution in [-0.2, 0) is 25.6 Å². The molecule has 2 N–H and O–H groups in total. The molecule has 1 amide bonds. The molecule has 8 nitrogen and oxygen atoms in total. The Labute approximate surface area is 230 Å². The van der Waals surface area contributed by atoms with E-state index in [0.29, 0.717) is 46.3 Å². The Kier molecular flexibility index (Phi) is 9.44. The van der Waals surface area contributed by atoms with Crippen molar-refractivity contribution < 1.29 is 19.1 Å². The summed E-state index contributed by atoms with van der Waals surface area (Å²) in [5.41, 5.74) is 4.17. The van der Waals surface area contributed by atoms with Crippen LogP contribution >= 0.6 is 11.6 Å². The van der Waals surface area contributed by atoms with Gasteiger partial charge in [0.25, 0.3) is 0 Å². The summed E-state index contributed by atoms with van der Waals surface area (Å²) in [5.74, 6) is -0.603. The van der Waals surface area contributed by atoms with E-state index in [4.69, 9.17) is 21.1 Å². The van der Waals surface area contributed by atoms with Crippen LogP contribution < -0.4 is 10.6 Å². The van der Waals surface area contributed by atoms with Gasteiger partial charge in [0.05, 0.1) is 42.7 Å². The SMILES string of the molecule is CCOC(=O)C1=C(COCCn2c(C)nc(C)c2C)NC(C)=C(C(=O)NC(C)(C)C)C1c1ccccc1Cl. The minimum absolute atomic E-state index is 0.131. The summed E-state index contributed by atoms with van der Waals surface area (Å²) in [7, 11) is 0. The minimum atomic E-state index is -0.731. The molecule has 9 heteroatoms. The van der Waals surface area contributed by atoms with Crippen molar-refractivity contribution in [2.75, 3.05) is 19.8 Å². The fraction of sp³-hybridized carbons (Fsp3) is 0.483. The van der Waals surface area contributed by atoms with Gasteiger partial charge in [0.2, 0.25) is 5.91 Å². The topological polar surface area (TPSA) is 94.5 Å². The second kappa shape index (κ2) is 12.2. The number of aryl methyl sites for hydroxylation is 2. The van der Waals surface area contributed by atoms with Gasteiger partial charge in [-0.1, -0.05) is 29.8 Å². The highest BCUT2D eigenvalue weighted by atomic mass is 35.5. The van der Waals surface area contributed by atoms with Crippen molar-refractivity contribution in [3.8, 4) is 0 Å². The average Bonchev–Trinajstić information content (AvgIpc) is 3.06. The fourth-order valence-electron chi connectivity index (χ4n) is 4.67. The zero-order chi connectivity index (χ0) is 28.2. The number of carbonyl (C=O) groups excluding carboxylic acids is 2. The van der Waals surface area contributed by atoms with Crippen LogP contribution in [0.3, 0.4) is 0 Å². The smallest absolute Gasteiger partial charge is 0.336 e. The summed E-state index contributed by atoms with van der Waals surface area (Å²) in [5, 5.41) is 6.77. The van der Waals surface area contributed by atoms with Gasteiger partial charge in [-0.3, -0.25) is 4.79 Å². The van der Waals surface area contributed by atoms with Crippen LogP contribution in [0.4, 0.5) is 0 Å². The summed E-state index contributed by atoms with van der Waals surface area (Å²) in [6, 6.07) is 7.25. The van der Waals surface area contributed by atoms with Gasteiger partial charge in [-0.05, 0) is 67.0 Å². The Bertz CT molecular complexity index is 1270. The van der Waals surface area contributed by atoms with E-state index < -0.39 is 17.4 Å². The number of hydrogen-bond acceptors (Lipinski definition) is 6. The predicted octanol–water partition coefficient (Wildman–Crippen LogP) is 4.87. The Balaban J connectivity index is 2.01. The molecule has 0 aliphatic carbocycles. The summed E-state index contributed by atoms with van der Waals surface area (Å²) < 4.78 is 13.6. The van der Waals surface area contributed by atoms with E-state index >= 15 is 0 Å². The van der Waals surface area contributed by atoms with E-state index in [2.05, 4.69) is 20.2 Å². The van der Waals surface area contributed by atoms with Gasteiger partial charge in [0.15, 0.2) is 0 Å². The normalized spacial score (nSPS) is 16.0. The molecule has 2 heterocycles. The maximum Gasteiger partial charge on any atom is 0.336 e. The van der Waals surface area contributed by atoms with Gasteiger partial charge in [-0.2, -0.15) is 0 Å². The van der Waals surface area contributed by atoms with Crippen molar-refractivity contribution in [3.05, 3.63) is 74.6 Å². The molecule has 2 aromatic rings. The number of dihydropyridines is 1. The zero-order valence-electron chi connectivity index (χ0n) is 23.6. The number of nitrogens with zero attached hydrogens (tertiary/aromatic N) is 2. The first-order valence-electron chi connectivity index (χ1n) is 12.9. The lowest BCUT2D eigenvalue weighted by Crippen LogP contribution is -2.45. The number of nitrogens with one attached hydrogen (secondary N) is 2. The van der Waals surface area contributed by atoms with Gasteiger partial charge < -0.3 is 24.7 Å². The Morgan fingerprint density at radius 3 is 2.39 bits per heavy atom. The lowest BCUT2D eigenvalue weighted by Gasteiger charge is -2.33. The number of rotatable bonds is 9. The summed E-state index contributed by atoms with van der Waals surface area (Å²) in [6.07, 6.45) is 0. The van der Waals surface area contributed by atoms with Crippen LogP contribution in [-0.4, -0.2) is 46.8 Å². The minimum Gasteiger partial charge on any atom is -0.463 e. The summed E-state index contributed by atoms with van der Waals surface area (Å²) >= 11 is 6.64. The van der Waals surface area contributed by atoms with Gasteiger partial charge in [0.1, 0.15) is 5.82 Å². The number of halogens is 1. The molecule has 206 valence electrons. The van der Waals surface area contributed by atoms with Crippen LogP contribution in [0.1, 0.15) is 63.3 Å². The molecule has 0 fully saturated rings. The van der Waals surface area contributed by atoms with Gasteiger partial charge in [-0.15, -0.1) is 0 Å². The van der Waals surface area contributed by atoms with Crippen LogP contribution in [0.2, 0.25) is 5.02 Å². The Morgan fingerprint density at radius 2 is 1.82 bits per heavy atom. The van der Waals surface area contributed by atoms with Crippen molar-refractivity contribution in [2.45, 2.75) is 73.4 Å². The standard InChI is InChI=1S/C29H39ClN4O4/c1-9-38-28(36)26-23(16-37-15-14-34-19(4)17(2)31-20(34)5)32-18(3)24(27(35)33-29(6,7)8)25(26)21-12-10-11-13-22(21)30/h10-13,25,32H,9,14-16H2,1-8H3,(H,33,35). The largest absolute Gasteiger partial charge is 0.463 e. The third-order valence-corrected chi connectivity index (χ3v) is 6.79. The number of ether oxygens (including phenoxy) is 2. The molecule has 1 atom stereocenters. The lowest BCUT2D eigenvalue weighted by molar-refractivity contribution is -0.138. The monoisotopic (exact) mass is 542 g/mol. The molecule has 1 aliphatic rings. The molecule has 0 bridgehead atoms. The maximum atomic E-state index is 13.6. The molecule has 38 heavy (non-hydrogen) atoms. The third kappa shape index (κ3) is 6.66. The molecule has 3 rings (SSSR count).